The Morgan fingerprint density at radius 2 is 0.542 bits per heavy atom. The van der Waals surface area contributed by atoms with Crippen molar-refractivity contribution >= 4 is 34.7 Å². The Bertz CT molecular complexity index is 3690. The first-order valence-corrected chi connectivity index (χ1v) is 33.8. The predicted molar refractivity (Wildman–Crippen MR) is 382 cm³/mol. The maximum atomic E-state index is 12.9. The molecule has 504 valence electrons. The number of unbranched alkanes of at least 4 members (excludes halogenated alkanes) is 6. The number of carboxylic acids is 2. The molecule has 0 spiro atoms. The van der Waals surface area contributed by atoms with E-state index in [-0.39, 0.29) is 44.3 Å². The van der Waals surface area contributed by atoms with Crippen LogP contribution in [0.4, 0.5) is 22.7 Å². The molecule has 0 radical (unpaired) electrons. The molecule has 8 aromatic rings. The Labute approximate surface area is 567 Å². The molecule has 96 heavy (non-hydrogen) atoms. The first-order chi connectivity index (χ1) is 45.5. The van der Waals surface area contributed by atoms with Crippen LogP contribution in [0.5, 0.6) is 34.5 Å². The molecule has 0 saturated carbocycles. The molecule has 9 rings (SSSR count). The summed E-state index contributed by atoms with van der Waals surface area (Å²) in [5, 5.41) is 61.2. The van der Waals surface area contributed by atoms with Crippen LogP contribution in [-0.4, -0.2) is 58.8 Å². The number of ether oxygens (including phenoxy) is 4. The highest BCUT2D eigenvalue weighted by molar-refractivity contribution is 5.88. The number of phenols is 2. The number of hydrogen-bond donors (Lipinski definition) is 4. The van der Waals surface area contributed by atoms with Gasteiger partial charge in [0.1, 0.15) is 34.5 Å². The molecular formula is C82H96N4O10. The lowest BCUT2D eigenvalue weighted by atomic mass is 9.79. The second-order valence-electron chi connectivity index (χ2n) is 29.6. The fraction of sp³-hybridized carbons (Fsp3) is 0.390. The zero-order valence-electron chi connectivity index (χ0n) is 58.2. The SMILES string of the molecule is CC(C)(C)c1cc2c(O)c(c1)Cc1cc(C(C)(C)C)cc(c1OCCCCCCOc1ccc(N=Nc3ccc(C(=O)O)cc3)cc1)Cc1cc(C(C)(C)C)cc(c1O)Cc1cc(C(C)(C)C)cc(c1OCCCCCCOc1ccc(N=Nc3ccc(C(=O)O)cc3)cc1)C2. The van der Waals surface area contributed by atoms with Crippen molar-refractivity contribution in [3.05, 3.63) is 223 Å². The minimum atomic E-state index is -0.988. The van der Waals surface area contributed by atoms with Gasteiger partial charge in [-0.3, -0.25) is 0 Å². The Balaban J connectivity index is 0.940. The second-order valence-corrected chi connectivity index (χ2v) is 29.6. The molecular weight excluding hydrogens is 1200 g/mol. The third-order valence-electron chi connectivity index (χ3n) is 17.6. The largest absolute Gasteiger partial charge is 0.507 e. The molecule has 0 amide bonds. The van der Waals surface area contributed by atoms with Crippen molar-refractivity contribution in [3.63, 3.8) is 0 Å². The summed E-state index contributed by atoms with van der Waals surface area (Å²) < 4.78 is 26.4. The van der Waals surface area contributed by atoms with E-state index < -0.39 is 11.9 Å². The summed E-state index contributed by atoms with van der Waals surface area (Å²) >= 11 is 0. The van der Waals surface area contributed by atoms with Gasteiger partial charge < -0.3 is 39.4 Å². The number of azo groups is 2. The smallest absolute Gasteiger partial charge is 0.335 e. The Morgan fingerprint density at radius 1 is 0.323 bits per heavy atom. The molecule has 0 saturated heterocycles. The highest BCUT2D eigenvalue weighted by Gasteiger charge is 2.29. The van der Waals surface area contributed by atoms with Gasteiger partial charge in [-0.1, -0.05) is 132 Å². The number of fused-ring (bicyclic) bond motifs is 8. The Kier molecular flexibility index (Phi) is 23.0. The van der Waals surface area contributed by atoms with Crippen LogP contribution >= 0.6 is 0 Å². The van der Waals surface area contributed by atoms with Crippen molar-refractivity contribution in [2.24, 2.45) is 20.5 Å². The predicted octanol–water partition coefficient (Wildman–Crippen LogP) is 21.2. The lowest BCUT2D eigenvalue weighted by molar-refractivity contribution is 0.0686. The highest BCUT2D eigenvalue weighted by Crippen LogP contribution is 2.44. The Hall–Kier alpha value is -9.30. The van der Waals surface area contributed by atoms with Gasteiger partial charge in [-0.2, -0.15) is 20.5 Å². The number of phenolic OH excluding ortho intramolecular Hbond substituents is 2. The minimum absolute atomic E-state index is 0.195. The first-order valence-electron chi connectivity index (χ1n) is 33.8. The van der Waals surface area contributed by atoms with E-state index in [1.807, 2.05) is 48.5 Å². The van der Waals surface area contributed by atoms with E-state index in [1.165, 1.54) is 24.3 Å². The van der Waals surface area contributed by atoms with Crippen LogP contribution in [0, 0.1) is 0 Å². The zero-order chi connectivity index (χ0) is 69.0. The summed E-state index contributed by atoms with van der Waals surface area (Å²) in [4.78, 5) is 22.4. The number of benzene rings is 8. The van der Waals surface area contributed by atoms with Gasteiger partial charge in [-0.25, -0.2) is 9.59 Å². The van der Waals surface area contributed by atoms with E-state index in [0.29, 0.717) is 74.9 Å². The van der Waals surface area contributed by atoms with Crippen LogP contribution < -0.4 is 18.9 Å². The molecule has 0 atom stereocenters. The van der Waals surface area contributed by atoms with Crippen molar-refractivity contribution in [2.45, 2.75) is 182 Å². The van der Waals surface area contributed by atoms with Gasteiger partial charge in [0, 0.05) is 25.7 Å². The van der Waals surface area contributed by atoms with E-state index in [9.17, 15) is 30.0 Å². The molecule has 0 unspecified atom stereocenters. The van der Waals surface area contributed by atoms with Gasteiger partial charge >= 0.3 is 11.9 Å². The summed E-state index contributed by atoms with van der Waals surface area (Å²) in [5.74, 6) is 1.63. The van der Waals surface area contributed by atoms with Crippen LogP contribution in [0.25, 0.3) is 0 Å². The summed E-state index contributed by atoms with van der Waals surface area (Å²) in [6, 6.07) is 45.2. The average molecular weight is 1300 g/mol. The third-order valence-corrected chi connectivity index (χ3v) is 17.6. The zero-order valence-corrected chi connectivity index (χ0v) is 58.2. The molecule has 8 bridgehead atoms. The van der Waals surface area contributed by atoms with E-state index in [1.54, 1.807) is 24.3 Å². The van der Waals surface area contributed by atoms with Gasteiger partial charge in [0.25, 0.3) is 0 Å². The van der Waals surface area contributed by atoms with E-state index in [0.717, 1.165) is 141 Å². The first kappa shape index (κ1) is 71.0. The highest BCUT2D eigenvalue weighted by atomic mass is 16.5. The summed E-state index contributed by atoms with van der Waals surface area (Å²) in [6.07, 6.45) is 8.83. The van der Waals surface area contributed by atoms with Crippen molar-refractivity contribution in [1.82, 2.24) is 0 Å². The third kappa shape index (κ3) is 19.4. The minimum Gasteiger partial charge on any atom is -0.507 e. The molecule has 0 aliphatic heterocycles. The normalized spacial score (nSPS) is 12.9. The lowest BCUT2D eigenvalue weighted by Crippen LogP contribution is -2.17. The number of carbonyl (C=O) groups is 2. The maximum absolute atomic E-state index is 12.9. The van der Waals surface area contributed by atoms with Crippen molar-refractivity contribution in [2.75, 3.05) is 26.4 Å². The van der Waals surface area contributed by atoms with Gasteiger partial charge in [0.05, 0.1) is 60.3 Å². The monoisotopic (exact) mass is 1300 g/mol. The van der Waals surface area contributed by atoms with Crippen LogP contribution in [0.3, 0.4) is 0 Å². The number of aromatic hydroxyl groups is 2. The topological polar surface area (TPSA) is 201 Å². The standard InChI is InChI=1S/C82H96N4O10/c1-79(2,3)63-45-55-41-59-49-65(81(7,8)9)51-61(75(59)95-39-19-15-13-17-37-93-71-33-29-69(30-34-71)85-83-67-25-21-53(22-26-67)77(89)90)43-57-47-64(80(4,5)6)48-58(74(57)88)44-62-52-66(82(10,11)12)50-60(42-56(46-63)73(55)87)76(62)96-40-20-16-14-18-38-94-72-35-31-70(32-36-72)86-84-68-27-23-54(24-28-68)78(91)92/h21-36,45-52,87-88H,13-20,37-44H2,1-12H3,(H,89,90)(H,91,92). The van der Waals surface area contributed by atoms with Crippen molar-refractivity contribution < 1.29 is 49.0 Å². The molecule has 1 aliphatic carbocycles. The number of carboxylic acid groups (broad SMARTS) is 2. The quantitative estimate of drug-likeness (QED) is 0.0333. The van der Waals surface area contributed by atoms with Gasteiger partial charge in [-0.15, -0.1) is 0 Å². The molecule has 8 aromatic carbocycles. The maximum Gasteiger partial charge on any atom is 0.335 e. The Morgan fingerprint density at radius 3 is 0.771 bits per heavy atom. The van der Waals surface area contributed by atoms with Gasteiger partial charge in [0.15, 0.2) is 0 Å². The van der Waals surface area contributed by atoms with Crippen LogP contribution in [0.15, 0.2) is 166 Å². The fourth-order valence-corrected chi connectivity index (χ4v) is 11.7. The molecule has 1 aliphatic rings. The number of aromatic carboxylic acids is 2. The van der Waals surface area contributed by atoms with Crippen molar-refractivity contribution in [1.29, 1.82) is 0 Å². The number of hydrogen-bond acceptors (Lipinski definition) is 12. The van der Waals surface area contributed by atoms with E-state index >= 15 is 0 Å². The van der Waals surface area contributed by atoms with Gasteiger partial charge in [0.2, 0.25) is 0 Å². The average Bonchev–Trinajstić information content (AvgIpc) is 0.770. The lowest BCUT2D eigenvalue weighted by Gasteiger charge is -2.28. The molecule has 14 nitrogen and oxygen atoms in total. The molecule has 14 heteroatoms. The molecule has 0 heterocycles. The molecule has 0 fully saturated rings. The van der Waals surface area contributed by atoms with Crippen LogP contribution in [-0.2, 0) is 47.3 Å². The summed E-state index contributed by atoms with van der Waals surface area (Å²) in [7, 11) is 0. The second kappa shape index (κ2) is 31.1. The number of rotatable bonds is 24. The van der Waals surface area contributed by atoms with E-state index in [4.69, 9.17) is 18.9 Å². The van der Waals surface area contributed by atoms with Crippen LogP contribution in [0.2, 0.25) is 0 Å². The summed E-state index contributed by atoms with van der Waals surface area (Å²) in [6.45, 7) is 28.9. The van der Waals surface area contributed by atoms with E-state index in [2.05, 4.69) is 152 Å². The van der Waals surface area contributed by atoms with Gasteiger partial charge in [-0.05, 0) is 237 Å². The molecule has 4 N–H and O–H groups in total. The fourth-order valence-electron chi connectivity index (χ4n) is 11.7. The molecule has 0 aromatic heterocycles. The van der Waals surface area contributed by atoms with Crippen molar-refractivity contribution in [3.8, 4) is 34.5 Å². The number of nitrogens with zero attached hydrogens (tertiary/aromatic N) is 4. The summed E-state index contributed by atoms with van der Waals surface area (Å²) in [5.41, 5.74) is 13.7. The van der Waals surface area contributed by atoms with Crippen LogP contribution in [0.1, 0.15) is 222 Å².